The normalized spacial score (nSPS) is 28.5. The summed E-state index contributed by atoms with van der Waals surface area (Å²) in [6.07, 6.45) is 4.16. The number of carbonyl (C=O) groups is 1. The van der Waals surface area contributed by atoms with Gasteiger partial charge in [0, 0.05) is 52.1 Å². The van der Waals surface area contributed by atoms with Crippen LogP contribution in [0.2, 0.25) is 0 Å². The lowest BCUT2D eigenvalue weighted by Crippen LogP contribution is -2.52. The average molecular weight is 428 g/mol. The van der Waals surface area contributed by atoms with Gasteiger partial charge in [-0.15, -0.1) is 0 Å². The number of nitrogens with zero attached hydrogens (tertiary/aromatic N) is 3. The third-order valence-corrected chi connectivity index (χ3v) is 7.04. The monoisotopic (exact) mass is 427 g/mol. The summed E-state index contributed by atoms with van der Waals surface area (Å²) in [4.78, 5) is 20.6. The van der Waals surface area contributed by atoms with Crippen LogP contribution >= 0.6 is 11.8 Å². The van der Waals surface area contributed by atoms with Crippen molar-refractivity contribution < 1.29 is 14.3 Å². The molecule has 3 aliphatic heterocycles. The van der Waals surface area contributed by atoms with Crippen LogP contribution in [-0.2, 0) is 14.3 Å². The minimum absolute atomic E-state index is 0.00931. The summed E-state index contributed by atoms with van der Waals surface area (Å²) in [5.74, 6) is 3.03. The van der Waals surface area contributed by atoms with Crippen molar-refractivity contribution in [2.24, 2.45) is 4.99 Å². The van der Waals surface area contributed by atoms with Gasteiger partial charge in [0.05, 0.1) is 18.8 Å². The lowest BCUT2D eigenvalue weighted by atomic mass is 9.90. The highest BCUT2D eigenvalue weighted by Crippen LogP contribution is 2.38. The van der Waals surface area contributed by atoms with Gasteiger partial charge in [-0.25, -0.2) is 4.99 Å². The molecule has 29 heavy (non-hydrogen) atoms. The fourth-order valence-corrected chi connectivity index (χ4v) is 5.36. The lowest BCUT2D eigenvalue weighted by molar-refractivity contribution is -0.127. The summed E-state index contributed by atoms with van der Waals surface area (Å²) in [6.45, 7) is 6.53. The molecule has 2 N–H and O–H groups in total. The van der Waals surface area contributed by atoms with E-state index >= 15 is 0 Å². The SMILES string of the molecule is CN(C)C(=O)CN=C(NCCCN1CCOCC1)NC1CCOC2(CCSC2)C1. The summed E-state index contributed by atoms with van der Waals surface area (Å²) in [6, 6.07) is 0.336. The minimum atomic E-state index is 0.00931. The van der Waals surface area contributed by atoms with E-state index < -0.39 is 0 Å². The molecule has 3 rings (SSSR count). The predicted molar refractivity (Wildman–Crippen MR) is 118 cm³/mol. The van der Waals surface area contributed by atoms with Crippen LogP contribution in [0.1, 0.15) is 25.7 Å². The summed E-state index contributed by atoms with van der Waals surface area (Å²) in [5, 5.41) is 7.03. The van der Waals surface area contributed by atoms with E-state index in [4.69, 9.17) is 9.47 Å². The van der Waals surface area contributed by atoms with Crippen molar-refractivity contribution in [1.29, 1.82) is 0 Å². The topological polar surface area (TPSA) is 78.4 Å². The molecule has 8 nitrogen and oxygen atoms in total. The Labute approximate surface area is 179 Å². The number of hydrogen-bond donors (Lipinski definition) is 2. The van der Waals surface area contributed by atoms with Crippen molar-refractivity contribution in [2.45, 2.75) is 37.3 Å². The highest BCUT2D eigenvalue weighted by molar-refractivity contribution is 7.99. The van der Waals surface area contributed by atoms with Gasteiger partial charge in [-0.1, -0.05) is 0 Å². The molecule has 1 amide bonds. The molecule has 3 saturated heterocycles. The molecule has 2 unspecified atom stereocenters. The molecule has 0 aliphatic carbocycles. The number of amides is 1. The lowest BCUT2D eigenvalue weighted by Gasteiger charge is -2.38. The number of aliphatic imine (C=N–C) groups is 1. The maximum absolute atomic E-state index is 12.0. The quantitative estimate of drug-likeness (QED) is 0.346. The van der Waals surface area contributed by atoms with E-state index in [2.05, 4.69) is 20.5 Å². The van der Waals surface area contributed by atoms with E-state index in [1.54, 1.807) is 19.0 Å². The Morgan fingerprint density at radius 3 is 2.86 bits per heavy atom. The smallest absolute Gasteiger partial charge is 0.243 e. The average Bonchev–Trinajstić information content (AvgIpc) is 3.17. The van der Waals surface area contributed by atoms with E-state index in [1.165, 1.54) is 5.75 Å². The minimum Gasteiger partial charge on any atom is -0.379 e. The second-order valence-corrected chi connectivity index (χ2v) is 9.46. The first-order valence-corrected chi connectivity index (χ1v) is 12.0. The van der Waals surface area contributed by atoms with E-state index in [0.29, 0.717) is 6.04 Å². The molecule has 0 aromatic heterocycles. The van der Waals surface area contributed by atoms with Crippen molar-refractivity contribution in [3.05, 3.63) is 0 Å². The van der Waals surface area contributed by atoms with Gasteiger partial charge < -0.3 is 25.0 Å². The molecule has 2 atom stereocenters. The van der Waals surface area contributed by atoms with Crippen molar-refractivity contribution in [3.63, 3.8) is 0 Å². The first-order valence-electron chi connectivity index (χ1n) is 10.8. The number of thioether (sulfide) groups is 1. The van der Waals surface area contributed by atoms with Gasteiger partial charge in [0.25, 0.3) is 0 Å². The Morgan fingerprint density at radius 2 is 2.14 bits per heavy atom. The Balaban J connectivity index is 1.49. The van der Waals surface area contributed by atoms with E-state index in [0.717, 1.165) is 83.4 Å². The molecule has 3 heterocycles. The van der Waals surface area contributed by atoms with Crippen LogP contribution in [0.25, 0.3) is 0 Å². The Kier molecular flexibility index (Phi) is 8.89. The molecular formula is C20H37N5O3S. The Hall–Kier alpha value is -1.03. The van der Waals surface area contributed by atoms with Gasteiger partial charge in [0.1, 0.15) is 6.54 Å². The molecule has 0 aromatic rings. The van der Waals surface area contributed by atoms with E-state index in [-0.39, 0.29) is 18.1 Å². The van der Waals surface area contributed by atoms with Crippen molar-refractivity contribution in [2.75, 3.05) is 78.1 Å². The summed E-state index contributed by atoms with van der Waals surface area (Å²) < 4.78 is 11.5. The highest BCUT2D eigenvalue weighted by Gasteiger charge is 2.40. The maximum Gasteiger partial charge on any atom is 0.243 e. The summed E-state index contributed by atoms with van der Waals surface area (Å²) in [5.41, 5.74) is 0.0292. The first kappa shape index (κ1) is 22.7. The van der Waals surface area contributed by atoms with Gasteiger partial charge in [0.15, 0.2) is 5.96 Å². The standard InChI is InChI=1S/C20H37N5O3S/c1-24(2)18(26)15-22-19(21-6-3-7-25-8-11-27-12-9-25)23-17-4-10-28-20(14-17)5-13-29-16-20/h17H,3-16H2,1-2H3,(H2,21,22,23). The summed E-state index contributed by atoms with van der Waals surface area (Å²) >= 11 is 1.99. The molecule has 3 aliphatic rings. The van der Waals surface area contributed by atoms with E-state index in [1.807, 2.05) is 11.8 Å². The van der Waals surface area contributed by atoms with Crippen molar-refractivity contribution in [3.8, 4) is 0 Å². The molecule has 0 aromatic carbocycles. The number of morpholine rings is 1. The largest absolute Gasteiger partial charge is 0.379 e. The first-order chi connectivity index (χ1) is 14.1. The van der Waals surface area contributed by atoms with Crippen LogP contribution in [0, 0.1) is 0 Å². The van der Waals surface area contributed by atoms with Crippen LogP contribution in [0.15, 0.2) is 4.99 Å². The fraction of sp³-hybridized carbons (Fsp3) is 0.900. The Morgan fingerprint density at radius 1 is 1.31 bits per heavy atom. The second kappa shape index (κ2) is 11.4. The number of hydrogen-bond acceptors (Lipinski definition) is 6. The molecule has 166 valence electrons. The van der Waals surface area contributed by atoms with Crippen LogP contribution in [0.3, 0.4) is 0 Å². The van der Waals surface area contributed by atoms with Crippen molar-refractivity contribution >= 4 is 23.6 Å². The molecule has 0 bridgehead atoms. The molecular weight excluding hydrogens is 390 g/mol. The van der Waals surface area contributed by atoms with Gasteiger partial charge >= 0.3 is 0 Å². The van der Waals surface area contributed by atoms with Crippen molar-refractivity contribution in [1.82, 2.24) is 20.4 Å². The molecule has 1 spiro atoms. The molecule has 9 heteroatoms. The number of ether oxygens (including phenoxy) is 2. The molecule has 0 saturated carbocycles. The zero-order chi connectivity index (χ0) is 20.5. The molecule has 0 radical (unpaired) electrons. The van der Waals surface area contributed by atoms with Gasteiger partial charge in [-0.05, 0) is 38.0 Å². The number of likely N-dealkylation sites (N-methyl/N-ethyl adjacent to an activating group) is 1. The highest BCUT2D eigenvalue weighted by atomic mass is 32.2. The zero-order valence-electron chi connectivity index (χ0n) is 18.0. The number of rotatable bonds is 7. The third kappa shape index (κ3) is 7.31. The fourth-order valence-electron chi connectivity index (χ4n) is 3.98. The predicted octanol–water partition coefficient (Wildman–Crippen LogP) is 0.387. The van der Waals surface area contributed by atoms with Gasteiger partial charge in [0.2, 0.25) is 5.91 Å². The Bertz CT molecular complexity index is 548. The van der Waals surface area contributed by atoms with Gasteiger partial charge in [-0.3, -0.25) is 9.69 Å². The number of carbonyl (C=O) groups excluding carboxylic acids is 1. The summed E-state index contributed by atoms with van der Waals surface area (Å²) in [7, 11) is 3.53. The zero-order valence-corrected chi connectivity index (χ0v) is 18.8. The second-order valence-electron chi connectivity index (χ2n) is 8.36. The van der Waals surface area contributed by atoms with Crippen LogP contribution in [-0.4, -0.2) is 111 Å². The van der Waals surface area contributed by atoms with E-state index in [9.17, 15) is 4.79 Å². The van der Waals surface area contributed by atoms with Crippen LogP contribution < -0.4 is 10.6 Å². The third-order valence-electron chi connectivity index (χ3n) is 5.82. The van der Waals surface area contributed by atoms with Crippen LogP contribution in [0.4, 0.5) is 0 Å². The van der Waals surface area contributed by atoms with Gasteiger partial charge in [-0.2, -0.15) is 11.8 Å². The number of nitrogens with one attached hydrogen (secondary N) is 2. The maximum atomic E-state index is 12.0. The molecule has 3 fully saturated rings. The number of guanidine groups is 1. The van der Waals surface area contributed by atoms with Crippen LogP contribution in [0.5, 0.6) is 0 Å².